The fourth-order valence-corrected chi connectivity index (χ4v) is 4.49. The van der Waals surface area contributed by atoms with Crippen LogP contribution in [0.15, 0.2) is 72.3 Å². The van der Waals surface area contributed by atoms with E-state index >= 15 is 0 Å². The summed E-state index contributed by atoms with van der Waals surface area (Å²) in [5, 5.41) is 2.84. The van der Waals surface area contributed by atoms with Gasteiger partial charge in [-0.1, -0.05) is 41.9 Å². The summed E-state index contributed by atoms with van der Waals surface area (Å²) in [6, 6.07) is 18.4. The first-order valence-electron chi connectivity index (χ1n) is 10.7. The minimum absolute atomic E-state index is 0.167. The lowest BCUT2D eigenvalue weighted by Gasteiger charge is -2.26. The molecule has 0 atom stereocenters. The lowest BCUT2D eigenvalue weighted by molar-refractivity contribution is -0.122. The standard InChI is InChI=1S/C26H20ClIN2O5/c1-2-34-22-14-17(13-21(28)23(22)35-15-16-7-6-8-18(27)11-16)12-20-24(31)29-26(33)30(25(20)32)19-9-4-3-5-10-19/h3-14H,2,15H2,1H3,(H,29,31,33)/b20-12+. The lowest BCUT2D eigenvalue weighted by Crippen LogP contribution is -2.54. The number of ether oxygens (including phenoxy) is 2. The smallest absolute Gasteiger partial charge is 0.335 e. The van der Waals surface area contributed by atoms with Crippen LogP contribution in [0, 0.1) is 3.57 Å². The molecule has 1 saturated heterocycles. The minimum Gasteiger partial charge on any atom is -0.490 e. The van der Waals surface area contributed by atoms with Gasteiger partial charge in [-0.05, 0) is 83.1 Å². The molecule has 0 saturated carbocycles. The van der Waals surface area contributed by atoms with Crippen molar-refractivity contribution in [1.29, 1.82) is 0 Å². The molecule has 4 rings (SSSR count). The maximum Gasteiger partial charge on any atom is 0.335 e. The van der Waals surface area contributed by atoms with Crippen LogP contribution in [0.25, 0.3) is 6.08 Å². The third-order valence-corrected chi connectivity index (χ3v) is 6.07. The van der Waals surface area contributed by atoms with Gasteiger partial charge in [0.15, 0.2) is 11.5 Å². The fourth-order valence-electron chi connectivity index (χ4n) is 3.49. The van der Waals surface area contributed by atoms with E-state index in [0.29, 0.717) is 34.4 Å². The summed E-state index contributed by atoms with van der Waals surface area (Å²) >= 11 is 8.17. The van der Waals surface area contributed by atoms with Gasteiger partial charge >= 0.3 is 6.03 Å². The quantitative estimate of drug-likeness (QED) is 0.217. The van der Waals surface area contributed by atoms with Crippen LogP contribution in [0.5, 0.6) is 11.5 Å². The van der Waals surface area contributed by atoms with Crippen LogP contribution in [0.4, 0.5) is 10.5 Å². The number of carbonyl (C=O) groups excluding carboxylic acids is 3. The van der Waals surface area contributed by atoms with Gasteiger partial charge < -0.3 is 9.47 Å². The Kier molecular flexibility index (Phi) is 7.72. The number of anilines is 1. The number of nitrogens with zero attached hydrogens (tertiary/aromatic N) is 1. The number of imide groups is 2. The molecule has 0 aliphatic carbocycles. The number of benzene rings is 3. The van der Waals surface area contributed by atoms with E-state index in [9.17, 15) is 14.4 Å². The van der Waals surface area contributed by atoms with Crippen LogP contribution in [0.3, 0.4) is 0 Å². The molecule has 3 aromatic carbocycles. The van der Waals surface area contributed by atoms with E-state index in [1.165, 1.54) is 6.08 Å². The SMILES string of the molecule is CCOc1cc(/C=C2\C(=O)NC(=O)N(c3ccccc3)C2=O)cc(I)c1OCc1cccc(Cl)c1. The van der Waals surface area contributed by atoms with Gasteiger partial charge in [-0.15, -0.1) is 0 Å². The van der Waals surface area contributed by atoms with Crippen molar-refractivity contribution >= 4 is 63.8 Å². The monoisotopic (exact) mass is 602 g/mol. The van der Waals surface area contributed by atoms with Crippen LogP contribution >= 0.6 is 34.2 Å². The molecule has 4 amide bonds. The molecule has 1 aliphatic rings. The highest BCUT2D eigenvalue weighted by atomic mass is 127. The number of nitrogens with one attached hydrogen (secondary N) is 1. The van der Waals surface area contributed by atoms with Gasteiger partial charge in [-0.2, -0.15) is 0 Å². The molecule has 1 aliphatic heterocycles. The highest BCUT2D eigenvalue weighted by Gasteiger charge is 2.36. The van der Waals surface area contributed by atoms with Crippen LogP contribution in [0.1, 0.15) is 18.1 Å². The van der Waals surface area contributed by atoms with Crippen LogP contribution in [-0.4, -0.2) is 24.5 Å². The first-order chi connectivity index (χ1) is 16.9. The molecule has 0 spiro atoms. The predicted molar refractivity (Wildman–Crippen MR) is 142 cm³/mol. The van der Waals surface area contributed by atoms with Crippen molar-refractivity contribution in [1.82, 2.24) is 5.32 Å². The van der Waals surface area contributed by atoms with Gasteiger partial charge in [0.1, 0.15) is 12.2 Å². The van der Waals surface area contributed by atoms with Crippen LogP contribution < -0.4 is 19.7 Å². The van der Waals surface area contributed by atoms with Gasteiger partial charge in [0.25, 0.3) is 11.8 Å². The maximum atomic E-state index is 13.1. The molecule has 1 fully saturated rings. The summed E-state index contributed by atoms with van der Waals surface area (Å²) in [6.45, 7) is 2.52. The normalized spacial score (nSPS) is 14.8. The van der Waals surface area contributed by atoms with E-state index < -0.39 is 17.8 Å². The number of hydrogen-bond donors (Lipinski definition) is 1. The first kappa shape index (κ1) is 24.7. The van der Waals surface area contributed by atoms with Crippen molar-refractivity contribution in [3.63, 3.8) is 0 Å². The third kappa shape index (κ3) is 5.66. The van der Waals surface area contributed by atoms with Gasteiger partial charge in [-0.3, -0.25) is 14.9 Å². The van der Waals surface area contributed by atoms with Gasteiger partial charge in [0.05, 0.1) is 15.9 Å². The van der Waals surface area contributed by atoms with E-state index in [4.69, 9.17) is 21.1 Å². The average molecular weight is 603 g/mol. The molecule has 1 N–H and O–H groups in total. The average Bonchev–Trinajstić information content (AvgIpc) is 2.82. The zero-order chi connectivity index (χ0) is 24.9. The summed E-state index contributed by atoms with van der Waals surface area (Å²) in [4.78, 5) is 38.9. The molecule has 1 heterocycles. The number of halogens is 2. The summed E-state index contributed by atoms with van der Waals surface area (Å²) in [7, 11) is 0. The summed E-state index contributed by atoms with van der Waals surface area (Å²) in [6.07, 6.45) is 1.44. The number of hydrogen-bond acceptors (Lipinski definition) is 5. The summed E-state index contributed by atoms with van der Waals surface area (Å²) in [5.74, 6) is -0.469. The zero-order valence-electron chi connectivity index (χ0n) is 18.6. The number of urea groups is 1. The molecule has 35 heavy (non-hydrogen) atoms. The molecular formula is C26H20ClIN2O5. The Bertz CT molecular complexity index is 1330. The van der Waals surface area contributed by atoms with Crippen molar-refractivity contribution < 1.29 is 23.9 Å². The van der Waals surface area contributed by atoms with Crippen molar-refractivity contribution in [3.05, 3.63) is 92.0 Å². The van der Waals surface area contributed by atoms with E-state index in [0.717, 1.165) is 14.0 Å². The Morgan fingerprint density at radius 3 is 2.49 bits per heavy atom. The number of para-hydroxylation sites is 1. The van der Waals surface area contributed by atoms with Crippen LogP contribution in [0.2, 0.25) is 5.02 Å². The lowest BCUT2D eigenvalue weighted by atomic mass is 10.1. The van der Waals surface area contributed by atoms with Gasteiger partial charge in [0, 0.05) is 5.02 Å². The van der Waals surface area contributed by atoms with Crippen molar-refractivity contribution in [2.75, 3.05) is 11.5 Å². The maximum absolute atomic E-state index is 13.1. The van der Waals surface area contributed by atoms with E-state index in [1.807, 2.05) is 25.1 Å². The van der Waals surface area contributed by atoms with Crippen LogP contribution in [-0.2, 0) is 16.2 Å². The van der Waals surface area contributed by atoms with Crippen molar-refractivity contribution in [3.8, 4) is 11.5 Å². The summed E-state index contributed by atoms with van der Waals surface area (Å²) < 4.78 is 12.5. The van der Waals surface area contributed by atoms with Gasteiger partial charge in [-0.25, -0.2) is 9.69 Å². The molecule has 7 nitrogen and oxygen atoms in total. The van der Waals surface area contributed by atoms with Crippen molar-refractivity contribution in [2.45, 2.75) is 13.5 Å². The number of barbiturate groups is 1. The molecule has 9 heteroatoms. The zero-order valence-corrected chi connectivity index (χ0v) is 21.5. The van der Waals surface area contributed by atoms with Gasteiger partial charge in [0.2, 0.25) is 0 Å². The first-order valence-corrected chi connectivity index (χ1v) is 12.1. The highest BCUT2D eigenvalue weighted by molar-refractivity contribution is 14.1. The molecule has 0 aromatic heterocycles. The molecule has 3 aromatic rings. The number of amides is 4. The Balaban J connectivity index is 1.66. The number of carbonyl (C=O) groups is 3. The van der Waals surface area contributed by atoms with E-state index in [1.54, 1.807) is 48.5 Å². The van der Waals surface area contributed by atoms with E-state index in [2.05, 4.69) is 27.9 Å². The molecular weight excluding hydrogens is 583 g/mol. The molecule has 0 unspecified atom stereocenters. The second-order valence-corrected chi connectivity index (χ2v) is 9.07. The van der Waals surface area contributed by atoms with E-state index in [-0.39, 0.29) is 12.2 Å². The molecule has 0 bridgehead atoms. The minimum atomic E-state index is -0.794. The molecule has 0 radical (unpaired) electrons. The topological polar surface area (TPSA) is 84.9 Å². The fraction of sp³-hybridized carbons (Fsp3) is 0.115. The largest absolute Gasteiger partial charge is 0.490 e. The third-order valence-electron chi connectivity index (χ3n) is 5.03. The Morgan fingerprint density at radius 2 is 1.77 bits per heavy atom. The Labute approximate surface area is 220 Å². The second-order valence-electron chi connectivity index (χ2n) is 7.47. The predicted octanol–water partition coefficient (Wildman–Crippen LogP) is 5.59. The van der Waals surface area contributed by atoms with Crippen molar-refractivity contribution in [2.24, 2.45) is 0 Å². The summed E-state index contributed by atoms with van der Waals surface area (Å²) in [5.41, 5.74) is 1.65. The molecule has 178 valence electrons. The second kappa shape index (κ2) is 10.9. The number of rotatable bonds is 7. The highest BCUT2D eigenvalue weighted by Crippen LogP contribution is 2.36. The Morgan fingerprint density at radius 1 is 1.00 bits per heavy atom. The Hall–Kier alpha value is -3.37.